The zero-order chi connectivity index (χ0) is 23.9. The Morgan fingerprint density at radius 1 is 0.971 bits per heavy atom. The number of carbonyl (C=O) groups excluding carboxylic acids is 1. The third-order valence-corrected chi connectivity index (χ3v) is 6.95. The van der Waals surface area contributed by atoms with Gasteiger partial charge in [-0.1, -0.05) is 45.0 Å². The zero-order valence-electron chi connectivity index (χ0n) is 20.0. The average Bonchev–Trinajstić information content (AvgIpc) is 3.32. The molecule has 0 aliphatic carbocycles. The number of hydrogen-bond acceptors (Lipinski definition) is 6. The van der Waals surface area contributed by atoms with Crippen LogP contribution in [0, 0.1) is 0 Å². The second-order valence-corrected chi connectivity index (χ2v) is 8.95. The van der Waals surface area contributed by atoms with Crippen molar-refractivity contribution in [3.05, 3.63) is 71.4 Å². The molecule has 2 N–H and O–H groups in total. The van der Waals surface area contributed by atoms with Gasteiger partial charge < -0.3 is 15.5 Å². The Labute approximate surface area is 205 Å². The molecule has 0 bridgehead atoms. The van der Waals surface area contributed by atoms with E-state index in [9.17, 15) is 4.79 Å². The molecule has 2 aromatic carbocycles. The van der Waals surface area contributed by atoms with Crippen molar-refractivity contribution in [3.63, 3.8) is 0 Å². The van der Waals surface area contributed by atoms with E-state index in [4.69, 9.17) is 0 Å². The van der Waals surface area contributed by atoms with Gasteiger partial charge in [-0.15, -0.1) is 11.3 Å². The minimum absolute atomic E-state index is 0.0567. The lowest BCUT2D eigenvalue weighted by Crippen LogP contribution is -2.34. The second kappa shape index (κ2) is 11.2. The van der Waals surface area contributed by atoms with Crippen molar-refractivity contribution in [2.75, 3.05) is 31.5 Å². The highest BCUT2D eigenvalue weighted by molar-refractivity contribution is 7.17. The minimum Gasteiger partial charge on any atom is -0.351 e. The molecule has 4 aromatic rings. The van der Waals surface area contributed by atoms with E-state index in [-0.39, 0.29) is 5.91 Å². The van der Waals surface area contributed by atoms with Crippen LogP contribution in [0.4, 0.5) is 11.5 Å². The number of carbonyl (C=O) groups is 1. The number of aromatic nitrogens is 2. The molecule has 0 aliphatic heterocycles. The summed E-state index contributed by atoms with van der Waals surface area (Å²) in [5, 5.41) is 9.57. The van der Waals surface area contributed by atoms with Crippen LogP contribution in [0.5, 0.6) is 0 Å². The number of hydrogen-bond donors (Lipinski definition) is 2. The first kappa shape index (κ1) is 23.9. The Morgan fingerprint density at radius 3 is 2.38 bits per heavy atom. The Hall–Kier alpha value is -3.29. The number of benzene rings is 2. The molecule has 176 valence electrons. The summed E-state index contributed by atoms with van der Waals surface area (Å²) in [5.74, 6) is 0.705. The van der Waals surface area contributed by atoms with Crippen LogP contribution in [0.2, 0.25) is 0 Å². The third-order valence-electron chi connectivity index (χ3n) is 6.06. The van der Waals surface area contributed by atoms with Gasteiger partial charge in [-0.2, -0.15) is 0 Å². The normalized spacial score (nSPS) is 11.2. The van der Waals surface area contributed by atoms with Gasteiger partial charge in [0.25, 0.3) is 5.91 Å². The topological polar surface area (TPSA) is 70.1 Å². The van der Waals surface area contributed by atoms with Crippen LogP contribution < -0.4 is 10.6 Å². The number of rotatable bonds is 10. The maximum Gasteiger partial charge on any atom is 0.251 e. The standard InChI is InChI=1S/C27H31N5OS/c1-4-19-7-9-20(10-8-19)23-17-34-27-24(23)25(29-18-30-27)31-22-13-11-21(12-14-22)26(33)28-15-16-32(5-2)6-3/h7-14,17-18H,4-6,15-16H2,1-3H3,(H,28,33)(H,29,30,31). The van der Waals surface area contributed by atoms with Gasteiger partial charge in [-0.3, -0.25) is 4.79 Å². The van der Waals surface area contributed by atoms with E-state index in [0.29, 0.717) is 12.1 Å². The molecule has 0 radical (unpaired) electrons. The lowest BCUT2D eigenvalue weighted by molar-refractivity contribution is 0.0949. The fourth-order valence-electron chi connectivity index (χ4n) is 3.91. The second-order valence-electron chi connectivity index (χ2n) is 8.09. The Balaban J connectivity index is 1.49. The number of thiophene rings is 1. The molecular weight excluding hydrogens is 442 g/mol. The molecule has 0 fully saturated rings. The van der Waals surface area contributed by atoms with Gasteiger partial charge in [-0.05, 0) is 54.9 Å². The van der Waals surface area contributed by atoms with Gasteiger partial charge in [0.2, 0.25) is 0 Å². The molecule has 34 heavy (non-hydrogen) atoms. The van der Waals surface area contributed by atoms with Gasteiger partial charge in [0.15, 0.2) is 0 Å². The van der Waals surface area contributed by atoms with E-state index in [1.54, 1.807) is 17.7 Å². The van der Waals surface area contributed by atoms with Crippen LogP contribution in [-0.4, -0.2) is 47.0 Å². The van der Waals surface area contributed by atoms with Crippen molar-refractivity contribution in [2.24, 2.45) is 0 Å². The summed E-state index contributed by atoms with van der Waals surface area (Å²) < 4.78 is 0. The fourth-order valence-corrected chi connectivity index (χ4v) is 4.83. The van der Waals surface area contributed by atoms with Crippen LogP contribution in [0.15, 0.2) is 60.2 Å². The van der Waals surface area contributed by atoms with Crippen LogP contribution >= 0.6 is 11.3 Å². The van der Waals surface area contributed by atoms with E-state index in [0.717, 1.165) is 58.9 Å². The number of nitrogens with zero attached hydrogens (tertiary/aromatic N) is 3. The van der Waals surface area contributed by atoms with Crippen molar-refractivity contribution < 1.29 is 4.79 Å². The van der Waals surface area contributed by atoms with E-state index in [1.807, 2.05) is 24.3 Å². The smallest absolute Gasteiger partial charge is 0.251 e. The average molecular weight is 474 g/mol. The summed E-state index contributed by atoms with van der Waals surface area (Å²) in [4.78, 5) is 24.7. The van der Waals surface area contributed by atoms with Gasteiger partial charge in [0.05, 0.1) is 5.39 Å². The summed E-state index contributed by atoms with van der Waals surface area (Å²) in [5.41, 5.74) is 5.10. The summed E-state index contributed by atoms with van der Waals surface area (Å²) in [6.45, 7) is 9.88. The Kier molecular flexibility index (Phi) is 7.87. The highest BCUT2D eigenvalue weighted by Gasteiger charge is 2.14. The molecule has 0 atom stereocenters. The Morgan fingerprint density at radius 2 is 1.71 bits per heavy atom. The van der Waals surface area contributed by atoms with Gasteiger partial charge in [0.1, 0.15) is 17.0 Å². The van der Waals surface area contributed by atoms with Crippen LogP contribution in [0.25, 0.3) is 21.3 Å². The highest BCUT2D eigenvalue weighted by atomic mass is 32.1. The summed E-state index contributed by atoms with van der Waals surface area (Å²) in [7, 11) is 0. The largest absolute Gasteiger partial charge is 0.351 e. The number of aryl methyl sites for hydroxylation is 1. The highest BCUT2D eigenvalue weighted by Crippen LogP contribution is 2.37. The monoisotopic (exact) mass is 473 g/mol. The van der Waals surface area contributed by atoms with Crippen molar-refractivity contribution in [1.82, 2.24) is 20.2 Å². The number of amides is 1. The molecular formula is C27H31N5OS. The maximum absolute atomic E-state index is 12.5. The molecule has 0 unspecified atom stereocenters. The lowest BCUT2D eigenvalue weighted by atomic mass is 10.0. The quantitative estimate of drug-likeness (QED) is 0.308. The molecule has 1 amide bonds. The van der Waals surface area contributed by atoms with Crippen LogP contribution in [0.1, 0.15) is 36.7 Å². The van der Waals surface area contributed by atoms with Crippen molar-refractivity contribution >= 4 is 39.0 Å². The summed E-state index contributed by atoms with van der Waals surface area (Å²) >= 11 is 1.62. The molecule has 0 saturated heterocycles. The number of anilines is 2. The zero-order valence-corrected chi connectivity index (χ0v) is 20.8. The van der Waals surface area contributed by atoms with Crippen molar-refractivity contribution in [2.45, 2.75) is 27.2 Å². The Bertz CT molecular complexity index is 1230. The van der Waals surface area contributed by atoms with Gasteiger partial charge in [-0.25, -0.2) is 9.97 Å². The number of fused-ring (bicyclic) bond motifs is 1. The van der Waals surface area contributed by atoms with E-state index in [1.165, 1.54) is 5.56 Å². The van der Waals surface area contributed by atoms with Crippen molar-refractivity contribution in [1.29, 1.82) is 0 Å². The molecule has 0 saturated carbocycles. The van der Waals surface area contributed by atoms with Crippen LogP contribution in [0.3, 0.4) is 0 Å². The van der Waals surface area contributed by atoms with Crippen LogP contribution in [-0.2, 0) is 6.42 Å². The lowest BCUT2D eigenvalue weighted by Gasteiger charge is -2.18. The summed E-state index contributed by atoms with van der Waals surface area (Å²) in [6.07, 6.45) is 2.60. The third kappa shape index (κ3) is 5.43. The van der Waals surface area contributed by atoms with Gasteiger partial charge in [0, 0.05) is 35.3 Å². The molecule has 6 nitrogen and oxygen atoms in total. The molecule has 4 rings (SSSR count). The molecule has 2 aromatic heterocycles. The molecule has 7 heteroatoms. The first-order chi connectivity index (χ1) is 16.6. The first-order valence-corrected chi connectivity index (χ1v) is 12.7. The fraction of sp³-hybridized carbons (Fsp3) is 0.296. The SMILES string of the molecule is CCc1ccc(-c2csc3ncnc(Nc4ccc(C(=O)NCCN(CC)CC)cc4)c23)cc1. The van der Waals surface area contributed by atoms with E-state index in [2.05, 4.69) is 75.9 Å². The maximum atomic E-state index is 12.5. The molecule has 0 aliphatic rings. The van der Waals surface area contributed by atoms with Gasteiger partial charge >= 0.3 is 0 Å². The predicted molar refractivity (Wildman–Crippen MR) is 142 cm³/mol. The number of likely N-dealkylation sites (N-methyl/N-ethyl adjacent to an activating group) is 1. The predicted octanol–water partition coefficient (Wildman–Crippen LogP) is 5.74. The van der Waals surface area contributed by atoms with Crippen molar-refractivity contribution in [3.8, 4) is 11.1 Å². The van der Waals surface area contributed by atoms with E-state index >= 15 is 0 Å². The summed E-state index contributed by atoms with van der Waals surface area (Å²) in [6, 6.07) is 16.2. The number of nitrogens with one attached hydrogen (secondary N) is 2. The molecule has 2 heterocycles. The molecule has 0 spiro atoms. The first-order valence-electron chi connectivity index (χ1n) is 11.8. The minimum atomic E-state index is -0.0567. The van der Waals surface area contributed by atoms with E-state index < -0.39 is 0 Å².